The van der Waals surface area contributed by atoms with Gasteiger partial charge in [-0.05, 0) is 43.6 Å². The molecule has 3 N–H and O–H groups in total. The fourth-order valence-electron chi connectivity index (χ4n) is 4.55. The molecule has 0 radical (unpaired) electrons. The summed E-state index contributed by atoms with van der Waals surface area (Å²) in [6.07, 6.45) is -3.20. The SMILES string of the molecule is O=C(O)N[C@H](c1cn2ccc([C@@H](NC(=O)CCC(F)(F)F)C3CC3)nc2n1)C1CCC(F)(F)CC1. The molecule has 2 aromatic heterocycles. The molecule has 2 aliphatic rings. The smallest absolute Gasteiger partial charge is 0.405 e. The predicted octanol–water partition coefficient (Wildman–Crippen LogP) is 4.77. The van der Waals surface area contributed by atoms with E-state index in [4.69, 9.17) is 0 Å². The van der Waals surface area contributed by atoms with Crippen LogP contribution in [0.1, 0.15) is 74.8 Å². The van der Waals surface area contributed by atoms with Crippen LogP contribution in [-0.2, 0) is 4.79 Å². The van der Waals surface area contributed by atoms with Gasteiger partial charge in [-0.25, -0.2) is 23.5 Å². The van der Waals surface area contributed by atoms with Crippen LogP contribution >= 0.6 is 0 Å². The first kappa shape index (κ1) is 25.1. The number of halogens is 5. The molecule has 2 amide bonds. The number of carbonyl (C=O) groups is 2. The van der Waals surface area contributed by atoms with E-state index in [0.29, 0.717) is 11.4 Å². The second-order valence-electron chi connectivity index (χ2n) is 9.34. The number of fused-ring (bicyclic) bond motifs is 1. The van der Waals surface area contributed by atoms with Crippen LogP contribution in [0.4, 0.5) is 26.7 Å². The number of carboxylic acid groups (broad SMARTS) is 1. The largest absolute Gasteiger partial charge is 0.465 e. The molecule has 0 saturated heterocycles. The van der Waals surface area contributed by atoms with Gasteiger partial charge in [-0.1, -0.05) is 0 Å². The summed E-state index contributed by atoms with van der Waals surface area (Å²) in [7, 11) is 0. The van der Waals surface area contributed by atoms with Gasteiger partial charge in [0, 0.05) is 31.7 Å². The lowest BCUT2D eigenvalue weighted by Gasteiger charge is -2.32. The fraction of sp³-hybridized carbons (Fsp3) is 0.636. The maximum absolute atomic E-state index is 13.6. The van der Waals surface area contributed by atoms with Gasteiger partial charge < -0.3 is 15.7 Å². The molecule has 0 aliphatic heterocycles. The van der Waals surface area contributed by atoms with Gasteiger partial charge in [0.05, 0.1) is 29.9 Å². The Morgan fingerprint density at radius 3 is 2.26 bits per heavy atom. The van der Waals surface area contributed by atoms with Crippen LogP contribution in [0, 0.1) is 11.8 Å². The first-order chi connectivity index (χ1) is 16.4. The minimum Gasteiger partial charge on any atom is -0.465 e. The predicted molar refractivity (Wildman–Crippen MR) is 113 cm³/mol. The van der Waals surface area contributed by atoms with Crippen molar-refractivity contribution < 1.29 is 36.6 Å². The molecular weight excluding hydrogens is 477 g/mol. The topological polar surface area (TPSA) is 109 Å². The van der Waals surface area contributed by atoms with Crippen LogP contribution in [-0.4, -0.2) is 43.6 Å². The number of nitrogens with one attached hydrogen (secondary N) is 2. The molecule has 0 bridgehead atoms. The summed E-state index contributed by atoms with van der Waals surface area (Å²) >= 11 is 0. The van der Waals surface area contributed by atoms with Crippen LogP contribution in [0.5, 0.6) is 0 Å². The summed E-state index contributed by atoms with van der Waals surface area (Å²) in [4.78, 5) is 32.4. The van der Waals surface area contributed by atoms with Crippen molar-refractivity contribution in [3.8, 4) is 0 Å². The molecule has 0 aromatic carbocycles. The number of alkyl halides is 5. The first-order valence-electron chi connectivity index (χ1n) is 11.5. The van der Waals surface area contributed by atoms with Gasteiger partial charge in [-0.2, -0.15) is 13.2 Å². The summed E-state index contributed by atoms with van der Waals surface area (Å²) in [5, 5.41) is 14.3. The zero-order chi connectivity index (χ0) is 25.4. The molecule has 2 atom stereocenters. The molecule has 2 heterocycles. The van der Waals surface area contributed by atoms with Gasteiger partial charge in [-0.3, -0.25) is 9.20 Å². The molecule has 192 valence electrons. The molecule has 2 fully saturated rings. The Kier molecular flexibility index (Phi) is 6.87. The summed E-state index contributed by atoms with van der Waals surface area (Å²) < 4.78 is 66.2. The molecule has 2 aromatic rings. The van der Waals surface area contributed by atoms with Gasteiger partial charge in [-0.15, -0.1) is 0 Å². The molecule has 8 nitrogen and oxygen atoms in total. The lowest BCUT2D eigenvalue weighted by Crippen LogP contribution is -2.36. The number of hydrogen-bond donors (Lipinski definition) is 3. The summed E-state index contributed by atoms with van der Waals surface area (Å²) in [6, 6.07) is 0.274. The number of aromatic nitrogens is 3. The molecular formula is C22H26F5N5O3. The summed E-state index contributed by atoms with van der Waals surface area (Å²) in [6.45, 7) is 0. The van der Waals surface area contributed by atoms with E-state index in [1.807, 2.05) is 0 Å². The van der Waals surface area contributed by atoms with Crippen LogP contribution in [0.2, 0.25) is 0 Å². The third-order valence-electron chi connectivity index (χ3n) is 6.56. The molecule has 2 aliphatic carbocycles. The van der Waals surface area contributed by atoms with Crippen molar-refractivity contribution >= 4 is 17.8 Å². The highest BCUT2D eigenvalue weighted by Gasteiger charge is 2.40. The second kappa shape index (κ2) is 9.57. The van der Waals surface area contributed by atoms with E-state index < -0.39 is 49.0 Å². The third kappa shape index (κ3) is 6.57. The quantitative estimate of drug-likeness (QED) is 0.450. The molecule has 0 unspecified atom stereocenters. The van der Waals surface area contributed by atoms with Gasteiger partial charge in [0.25, 0.3) is 0 Å². The van der Waals surface area contributed by atoms with Gasteiger partial charge in [0.15, 0.2) is 0 Å². The number of hydrogen-bond acceptors (Lipinski definition) is 4. The normalized spacial score (nSPS) is 20.4. The number of amides is 2. The Morgan fingerprint density at radius 1 is 1.06 bits per heavy atom. The molecule has 0 spiro atoms. The Bertz CT molecular complexity index is 1080. The van der Waals surface area contributed by atoms with Crippen LogP contribution in [0.3, 0.4) is 0 Å². The standard InChI is InChI=1S/C22H26F5N5O3/c23-21(24)7-3-13(4-8-21)18(31-20(34)35)15-11-32-10-6-14(28-19(32)29-15)17(12-1-2-12)30-16(33)5-9-22(25,26)27/h6,10-13,17-18,31H,1-5,7-9H2,(H,30,33)(H,34,35)/t17-,18-/m0/s1. The third-order valence-corrected chi connectivity index (χ3v) is 6.56. The average Bonchev–Trinajstić information content (AvgIpc) is 3.52. The molecule has 13 heteroatoms. The Balaban J connectivity index is 1.54. The van der Waals surface area contributed by atoms with Crippen molar-refractivity contribution in [2.24, 2.45) is 11.8 Å². The number of imidazole rings is 1. The number of rotatable bonds is 8. The van der Waals surface area contributed by atoms with Crippen molar-refractivity contribution in [3.63, 3.8) is 0 Å². The van der Waals surface area contributed by atoms with Gasteiger partial charge in [0.2, 0.25) is 17.6 Å². The van der Waals surface area contributed by atoms with Crippen molar-refractivity contribution in [2.45, 2.75) is 75.5 Å². The first-order valence-corrected chi connectivity index (χ1v) is 11.5. The summed E-state index contributed by atoms with van der Waals surface area (Å²) in [5.41, 5.74) is 0.780. The maximum Gasteiger partial charge on any atom is 0.405 e. The zero-order valence-electron chi connectivity index (χ0n) is 18.7. The van der Waals surface area contributed by atoms with E-state index in [0.717, 1.165) is 12.8 Å². The van der Waals surface area contributed by atoms with Crippen LogP contribution in [0.25, 0.3) is 5.78 Å². The van der Waals surface area contributed by atoms with Crippen molar-refractivity contribution in [1.82, 2.24) is 25.0 Å². The Labute approximate surface area is 197 Å². The van der Waals surface area contributed by atoms with Crippen LogP contribution in [0.15, 0.2) is 18.5 Å². The van der Waals surface area contributed by atoms with Gasteiger partial charge >= 0.3 is 12.3 Å². The maximum atomic E-state index is 13.6. The highest BCUT2D eigenvalue weighted by Crippen LogP contribution is 2.42. The molecule has 2 saturated carbocycles. The highest BCUT2D eigenvalue weighted by molar-refractivity contribution is 5.76. The van der Waals surface area contributed by atoms with Crippen molar-refractivity contribution in [1.29, 1.82) is 0 Å². The fourth-order valence-corrected chi connectivity index (χ4v) is 4.55. The van der Waals surface area contributed by atoms with Crippen LogP contribution < -0.4 is 10.6 Å². The van der Waals surface area contributed by atoms with E-state index in [1.54, 1.807) is 22.9 Å². The number of nitrogens with zero attached hydrogens (tertiary/aromatic N) is 3. The number of carbonyl (C=O) groups excluding carboxylic acids is 1. The van der Waals surface area contributed by atoms with E-state index in [-0.39, 0.29) is 43.3 Å². The highest BCUT2D eigenvalue weighted by atomic mass is 19.4. The monoisotopic (exact) mass is 503 g/mol. The molecule has 4 rings (SSSR count). The Hall–Kier alpha value is -2.99. The lowest BCUT2D eigenvalue weighted by molar-refractivity contribution is -0.144. The minimum absolute atomic E-state index is 0.0551. The zero-order valence-corrected chi connectivity index (χ0v) is 18.7. The van der Waals surface area contributed by atoms with Gasteiger partial charge in [0.1, 0.15) is 0 Å². The minimum atomic E-state index is -4.43. The van der Waals surface area contributed by atoms with E-state index in [1.165, 1.54) is 0 Å². The van der Waals surface area contributed by atoms with E-state index in [9.17, 15) is 36.6 Å². The van der Waals surface area contributed by atoms with Crippen molar-refractivity contribution in [2.75, 3.05) is 0 Å². The average molecular weight is 503 g/mol. The Morgan fingerprint density at radius 2 is 1.66 bits per heavy atom. The van der Waals surface area contributed by atoms with Crippen molar-refractivity contribution in [3.05, 3.63) is 29.8 Å². The lowest BCUT2D eigenvalue weighted by atomic mass is 9.81. The second-order valence-corrected chi connectivity index (χ2v) is 9.34. The van der Waals surface area contributed by atoms with E-state index >= 15 is 0 Å². The van der Waals surface area contributed by atoms with E-state index in [2.05, 4.69) is 20.6 Å². The molecule has 35 heavy (non-hydrogen) atoms. The summed E-state index contributed by atoms with van der Waals surface area (Å²) in [5.74, 6) is -3.57.